The molecule has 0 saturated heterocycles. The van der Waals surface area contributed by atoms with E-state index in [1.807, 2.05) is 6.07 Å². The maximum atomic E-state index is 12.8. The predicted molar refractivity (Wildman–Crippen MR) is 120 cm³/mol. The molecular weight excluding hydrogens is 435 g/mol. The van der Waals surface area contributed by atoms with Gasteiger partial charge in [-0.25, -0.2) is 9.89 Å². The summed E-state index contributed by atoms with van der Waals surface area (Å²) < 4.78 is 38.4. The van der Waals surface area contributed by atoms with Gasteiger partial charge in [-0.15, -0.1) is 0 Å². The lowest BCUT2D eigenvalue weighted by Crippen LogP contribution is -2.19. The molecule has 0 unspecified atom stereocenters. The number of urea groups is 1. The molecule has 0 bridgehead atoms. The van der Waals surface area contributed by atoms with Crippen molar-refractivity contribution in [2.45, 2.75) is 12.7 Å². The van der Waals surface area contributed by atoms with Crippen LogP contribution >= 0.6 is 0 Å². The van der Waals surface area contributed by atoms with E-state index in [4.69, 9.17) is 0 Å². The van der Waals surface area contributed by atoms with Crippen molar-refractivity contribution in [2.75, 3.05) is 16.0 Å². The summed E-state index contributed by atoms with van der Waals surface area (Å²) in [5.41, 5.74) is 0.271. The first-order valence-electron chi connectivity index (χ1n) is 9.85. The summed E-state index contributed by atoms with van der Waals surface area (Å²) in [6.07, 6.45) is -4.49. The fraction of sp³-hybridized carbons (Fsp3) is 0.0870. The summed E-state index contributed by atoms with van der Waals surface area (Å²) in [6.45, 7) is 0.416. The van der Waals surface area contributed by atoms with Crippen LogP contribution in [0.2, 0.25) is 0 Å². The van der Waals surface area contributed by atoms with Crippen LogP contribution in [0.25, 0.3) is 10.8 Å². The zero-order valence-electron chi connectivity index (χ0n) is 17.0. The summed E-state index contributed by atoms with van der Waals surface area (Å²) in [7, 11) is 0. The second-order valence-electron chi connectivity index (χ2n) is 7.16. The Morgan fingerprint density at radius 3 is 2.30 bits per heavy atom. The maximum Gasteiger partial charge on any atom is 0.416 e. The minimum Gasteiger partial charge on any atom is -0.364 e. The van der Waals surface area contributed by atoms with Gasteiger partial charge >= 0.3 is 12.2 Å². The third-order valence-electron chi connectivity index (χ3n) is 4.82. The molecule has 0 aliphatic heterocycles. The van der Waals surface area contributed by atoms with Crippen LogP contribution in [-0.4, -0.2) is 16.2 Å². The second kappa shape index (κ2) is 9.03. The van der Waals surface area contributed by atoms with Crippen LogP contribution in [0, 0.1) is 0 Å². The topological polar surface area (TPSA) is 98.9 Å². The van der Waals surface area contributed by atoms with Crippen molar-refractivity contribution in [3.8, 4) is 0 Å². The van der Waals surface area contributed by atoms with Gasteiger partial charge in [0.05, 0.1) is 10.9 Å². The van der Waals surface area contributed by atoms with E-state index >= 15 is 0 Å². The maximum absolute atomic E-state index is 12.8. The van der Waals surface area contributed by atoms with Crippen LogP contribution in [0.1, 0.15) is 11.1 Å². The number of carbonyl (C=O) groups excluding carboxylic acids is 1. The van der Waals surface area contributed by atoms with Crippen LogP contribution in [-0.2, 0) is 12.7 Å². The summed E-state index contributed by atoms with van der Waals surface area (Å²) >= 11 is 0. The van der Waals surface area contributed by atoms with Crippen molar-refractivity contribution in [2.24, 2.45) is 0 Å². The standard InChI is InChI=1S/C23H18F3N5O2/c24-23(25,26)15-4-3-5-17(12-15)29-22(33)28-16-10-8-14(9-11-16)13-27-20-18-6-1-2-7-19(18)21(32)31-30-20/h1-12H,13H2,(H,27,30)(H,31,32)(H2,28,29,33). The highest BCUT2D eigenvalue weighted by Gasteiger charge is 2.30. The van der Waals surface area contributed by atoms with Crippen molar-refractivity contribution in [1.82, 2.24) is 10.2 Å². The number of benzene rings is 3. The van der Waals surface area contributed by atoms with Crippen molar-refractivity contribution in [3.05, 3.63) is 94.3 Å². The van der Waals surface area contributed by atoms with E-state index in [0.29, 0.717) is 28.8 Å². The minimum absolute atomic E-state index is 0.0313. The van der Waals surface area contributed by atoms with Gasteiger partial charge in [0.15, 0.2) is 5.82 Å². The number of nitrogens with zero attached hydrogens (tertiary/aromatic N) is 1. The molecule has 3 aromatic carbocycles. The molecule has 33 heavy (non-hydrogen) atoms. The fourth-order valence-electron chi connectivity index (χ4n) is 3.21. The number of H-pyrrole nitrogens is 1. The molecule has 2 amide bonds. The summed E-state index contributed by atoms with van der Waals surface area (Å²) in [5, 5.41) is 15.9. The van der Waals surface area contributed by atoms with Gasteiger partial charge in [-0.1, -0.05) is 36.4 Å². The Kier molecular flexibility index (Phi) is 5.99. The number of rotatable bonds is 5. The normalized spacial score (nSPS) is 11.2. The van der Waals surface area contributed by atoms with E-state index in [-0.39, 0.29) is 11.2 Å². The van der Waals surface area contributed by atoms with Gasteiger partial charge in [0.1, 0.15) is 0 Å². The Hall–Kier alpha value is -4.34. The molecule has 0 saturated carbocycles. The monoisotopic (exact) mass is 453 g/mol. The molecule has 1 aromatic heterocycles. The van der Waals surface area contributed by atoms with Crippen molar-refractivity contribution < 1.29 is 18.0 Å². The molecule has 4 N–H and O–H groups in total. The number of fused-ring (bicyclic) bond motifs is 1. The zero-order chi connectivity index (χ0) is 23.4. The first kappa shape index (κ1) is 21.9. The van der Waals surface area contributed by atoms with Gasteiger partial charge in [0, 0.05) is 23.3 Å². The second-order valence-corrected chi connectivity index (χ2v) is 7.16. The predicted octanol–water partition coefficient (Wildman–Crippen LogP) is 5.20. The molecule has 4 aromatic rings. The number of alkyl halides is 3. The molecule has 0 aliphatic carbocycles. The largest absolute Gasteiger partial charge is 0.416 e. The summed E-state index contributed by atoms with van der Waals surface area (Å²) in [6, 6.07) is 17.7. The van der Waals surface area contributed by atoms with Crippen molar-refractivity contribution in [3.63, 3.8) is 0 Å². The number of aromatic amines is 1. The number of carbonyl (C=O) groups is 1. The lowest BCUT2D eigenvalue weighted by molar-refractivity contribution is -0.137. The van der Waals surface area contributed by atoms with Crippen LogP contribution in [0.5, 0.6) is 0 Å². The SMILES string of the molecule is O=C(Nc1ccc(CNc2n[nH]c(=O)c3ccccc23)cc1)Nc1cccc(C(F)(F)F)c1. The van der Waals surface area contributed by atoms with E-state index < -0.39 is 17.8 Å². The molecule has 10 heteroatoms. The van der Waals surface area contributed by atoms with Crippen LogP contribution in [0.4, 0.5) is 35.2 Å². The number of halogens is 3. The zero-order valence-corrected chi connectivity index (χ0v) is 17.0. The highest BCUT2D eigenvalue weighted by molar-refractivity contribution is 5.99. The molecule has 0 spiro atoms. The number of nitrogens with one attached hydrogen (secondary N) is 4. The van der Waals surface area contributed by atoms with Gasteiger partial charge in [-0.05, 0) is 42.0 Å². The molecule has 0 radical (unpaired) electrons. The first-order chi connectivity index (χ1) is 15.8. The van der Waals surface area contributed by atoms with Crippen LogP contribution in [0.3, 0.4) is 0 Å². The number of aromatic nitrogens is 2. The Morgan fingerprint density at radius 2 is 1.58 bits per heavy atom. The van der Waals surface area contributed by atoms with E-state index in [1.165, 1.54) is 12.1 Å². The van der Waals surface area contributed by atoms with Crippen molar-refractivity contribution in [1.29, 1.82) is 0 Å². The quantitative estimate of drug-likeness (QED) is 0.334. The molecule has 4 rings (SSSR count). The van der Waals surface area contributed by atoms with Gasteiger partial charge in [-0.2, -0.15) is 18.3 Å². The van der Waals surface area contributed by atoms with Gasteiger partial charge in [0.2, 0.25) is 0 Å². The average Bonchev–Trinajstić information content (AvgIpc) is 2.79. The molecule has 0 aliphatic rings. The van der Waals surface area contributed by atoms with E-state index in [0.717, 1.165) is 17.7 Å². The third kappa shape index (κ3) is 5.29. The smallest absolute Gasteiger partial charge is 0.364 e. The highest BCUT2D eigenvalue weighted by atomic mass is 19.4. The van der Waals surface area contributed by atoms with Gasteiger partial charge < -0.3 is 16.0 Å². The Balaban J connectivity index is 1.37. The first-order valence-corrected chi connectivity index (χ1v) is 9.85. The lowest BCUT2D eigenvalue weighted by Gasteiger charge is -2.11. The Bertz CT molecular complexity index is 1350. The van der Waals surface area contributed by atoms with Gasteiger partial charge in [0.25, 0.3) is 5.56 Å². The molecule has 7 nitrogen and oxygen atoms in total. The number of hydrogen-bond donors (Lipinski definition) is 4. The highest BCUT2D eigenvalue weighted by Crippen LogP contribution is 2.30. The fourth-order valence-corrected chi connectivity index (χ4v) is 3.21. The van der Waals surface area contributed by atoms with E-state index in [9.17, 15) is 22.8 Å². The molecule has 168 valence electrons. The van der Waals surface area contributed by atoms with E-state index in [2.05, 4.69) is 26.1 Å². The Labute approximate surface area is 185 Å². The van der Waals surface area contributed by atoms with Crippen LogP contribution < -0.4 is 21.5 Å². The third-order valence-corrected chi connectivity index (χ3v) is 4.82. The molecule has 0 fully saturated rings. The number of hydrogen-bond acceptors (Lipinski definition) is 4. The number of amides is 2. The Morgan fingerprint density at radius 1 is 0.879 bits per heavy atom. The van der Waals surface area contributed by atoms with Gasteiger partial charge in [-0.3, -0.25) is 4.79 Å². The molecular formula is C23H18F3N5O2. The molecule has 1 heterocycles. The minimum atomic E-state index is -4.49. The number of anilines is 3. The summed E-state index contributed by atoms with van der Waals surface area (Å²) in [4.78, 5) is 24.0. The van der Waals surface area contributed by atoms with E-state index in [1.54, 1.807) is 42.5 Å². The lowest BCUT2D eigenvalue weighted by atomic mass is 10.1. The van der Waals surface area contributed by atoms with Crippen LogP contribution in [0.15, 0.2) is 77.6 Å². The average molecular weight is 453 g/mol. The molecule has 0 atom stereocenters. The summed E-state index contributed by atoms with van der Waals surface area (Å²) in [5.74, 6) is 0.535. The van der Waals surface area contributed by atoms with Crippen molar-refractivity contribution >= 4 is 34.0 Å².